The molecule has 1 amide bonds. The van der Waals surface area contributed by atoms with Gasteiger partial charge < -0.3 is 9.64 Å². The highest BCUT2D eigenvalue weighted by atomic mass is 16.5. The van der Waals surface area contributed by atoms with E-state index in [0.717, 1.165) is 12.8 Å². The minimum absolute atomic E-state index is 0.0143. The Balaban J connectivity index is 4.16. The minimum atomic E-state index is -0.383. The molecule has 0 aromatic rings. The Morgan fingerprint density at radius 1 is 1.29 bits per heavy atom. The lowest BCUT2D eigenvalue weighted by Gasteiger charge is -2.20. The van der Waals surface area contributed by atoms with Gasteiger partial charge in [0.05, 0.1) is 7.11 Å². The van der Waals surface area contributed by atoms with Crippen LogP contribution in [-0.2, 0) is 14.3 Å². The topological polar surface area (TPSA) is 46.6 Å². The number of methoxy groups -OCH3 is 1. The van der Waals surface area contributed by atoms with E-state index in [0.29, 0.717) is 0 Å². The molecule has 0 aliphatic rings. The zero-order chi connectivity index (χ0) is 11.1. The highest BCUT2D eigenvalue weighted by Crippen LogP contribution is 2.10. The van der Waals surface area contributed by atoms with E-state index in [1.807, 2.05) is 13.8 Å². The minimum Gasteiger partial charge on any atom is -0.468 e. The van der Waals surface area contributed by atoms with Gasteiger partial charge in [0.15, 0.2) is 0 Å². The van der Waals surface area contributed by atoms with Crippen molar-refractivity contribution in [2.75, 3.05) is 20.7 Å². The summed E-state index contributed by atoms with van der Waals surface area (Å²) in [7, 11) is 2.94. The van der Waals surface area contributed by atoms with E-state index in [-0.39, 0.29) is 24.3 Å². The van der Waals surface area contributed by atoms with Crippen molar-refractivity contribution in [3.05, 3.63) is 0 Å². The summed E-state index contributed by atoms with van der Waals surface area (Å²) in [5.74, 6) is -0.350. The number of rotatable bonds is 5. The van der Waals surface area contributed by atoms with Gasteiger partial charge in [-0.1, -0.05) is 13.8 Å². The predicted molar refractivity (Wildman–Crippen MR) is 53.7 cm³/mol. The summed E-state index contributed by atoms with van der Waals surface area (Å²) < 4.78 is 4.49. The molecular weight excluding hydrogens is 182 g/mol. The van der Waals surface area contributed by atoms with E-state index < -0.39 is 0 Å². The standard InChI is InChI=1S/C10H19NO3/c1-5-8(6-2)10(13)11(3)7-9(12)14-4/h8H,5-7H2,1-4H3. The van der Waals surface area contributed by atoms with Gasteiger partial charge in [-0.2, -0.15) is 0 Å². The Morgan fingerprint density at radius 2 is 1.79 bits per heavy atom. The number of hydrogen-bond acceptors (Lipinski definition) is 3. The first kappa shape index (κ1) is 12.9. The third-order valence-corrected chi connectivity index (χ3v) is 2.31. The van der Waals surface area contributed by atoms with Crippen molar-refractivity contribution >= 4 is 11.9 Å². The molecule has 0 N–H and O–H groups in total. The Morgan fingerprint density at radius 3 is 2.14 bits per heavy atom. The predicted octanol–water partition coefficient (Wildman–Crippen LogP) is 1.05. The number of esters is 1. The highest BCUT2D eigenvalue weighted by molar-refractivity contribution is 5.83. The quantitative estimate of drug-likeness (QED) is 0.625. The van der Waals surface area contributed by atoms with Gasteiger partial charge in [0.1, 0.15) is 6.54 Å². The summed E-state index contributed by atoms with van der Waals surface area (Å²) >= 11 is 0. The number of carbonyl (C=O) groups excluding carboxylic acids is 2. The molecule has 0 saturated heterocycles. The van der Waals surface area contributed by atoms with Gasteiger partial charge in [0.2, 0.25) is 5.91 Å². The second kappa shape index (κ2) is 6.40. The monoisotopic (exact) mass is 201 g/mol. The van der Waals surface area contributed by atoms with Crippen LogP contribution in [-0.4, -0.2) is 37.5 Å². The van der Waals surface area contributed by atoms with Crippen molar-refractivity contribution in [1.82, 2.24) is 4.90 Å². The first-order valence-corrected chi connectivity index (χ1v) is 4.88. The third-order valence-electron chi connectivity index (χ3n) is 2.31. The normalized spacial score (nSPS) is 10.1. The first-order valence-electron chi connectivity index (χ1n) is 4.88. The fourth-order valence-corrected chi connectivity index (χ4v) is 1.29. The molecule has 4 heteroatoms. The van der Waals surface area contributed by atoms with Crippen molar-refractivity contribution in [3.63, 3.8) is 0 Å². The maximum absolute atomic E-state index is 11.7. The van der Waals surface area contributed by atoms with E-state index in [4.69, 9.17) is 0 Å². The lowest BCUT2D eigenvalue weighted by molar-refractivity contribution is -0.147. The fourth-order valence-electron chi connectivity index (χ4n) is 1.29. The summed E-state index contributed by atoms with van der Waals surface area (Å²) in [5, 5.41) is 0. The lowest BCUT2D eigenvalue weighted by Crippen LogP contribution is -2.36. The smallest absolute Gasteiger partial charge is 0.325 e. The average Bonchev–Trinajstić information content (AvgIpc) is 2.19. The summed E-state index contributed by atoms with van der Waals surface area (Å²) in [6.45, 7) is 3.97. The SMILES string of the molecule is CCC(CC)C(=O)N(C)CC(=O)OC. The molecule has 4 nitrogen and oxygen atoms in total. The first-order chi connectivity index (χ1) is 6.56. The number of likely N-dealkylation sites (N-methyl/N-ethyl adjacent to an activating group) is 1. The van der Waals surface area contributed by atoms with Crippen LogP contribution in [0.2, 0.25) is 0 Å². The largest absolute Gasteiger partial charge is 0.468 e. The van der Waals surface area contributed by atoms with Crippen LogP contribution in [0.3, 0.4) is 0 Å². The van der Waals surface area contributed by atoms with Crippen LogP contribution in [0.1, 0.15) is 26.7 Å². The molecular formula is C10H19NO3. The molecule has 0 aliphatic carbocycles. The zero-order valence-electron chi connectivity index (χ0n) is 9.37. The number of hydrogen-bond donors (Lipinski definition) is 0. The molecule has 0 aromatic carbocycles. The molecule has 0 rings (SSSR count). The molecule has 0 bridgehead atoms. The number of ether oxygens (including phenoxy) is 1. The van der Waals surface area contributed by atoms with Crippen LogP contribution in [0.5, 0.6) is 0 Å². The Hall–Kier alpha value is -1.06. The molecule has 0 spiro atoms. The lowest BCUT2D eigenvalue weighted by atomic mass is 10.0. The molecule has 0 saturated carbocycles. The Kier molecular flexibility index (Phi) is 5.92. The van der Waals surface area contributed by atoms with Crippen molar-refractivity contribution < 1.29 is 14.3 Å². The molecule has 0 unspecified atom stereocenters. The van der Waals surface area contributed by atoms with E-state index in [9.17, 15) is 9.59 Å². The van der Waals surface area contributed by atoms with Gasteiger partial charge in [-0.15, -0.1) is 0 Å². The molecule has 0 aliphatic heterocycles. The van der Waals surface area contributed by atoms with Gasteiger partial charge >= 0.3 is 5.97 Å². The Labute approximate surface area is 85.2 Å². The van der Waals surface area contributed by atoms with Crippen LogP contribution >= 0.6 is 0 Å². The van der Waals surface area contributed by atoms with E-state index in [2.05, 4.69) is 4.74 Å². The van der Waals surface area contributed by atoms with Gasteiger partial charge in [-0.3, -0.25) is 9.59 Å². The summed E-state index contributed by atoms with van der Waals surface area (Å²) in [6, 6.07) is 0. The Bertz CT molecular complexity index is 200. The average molecular weight is 201 g/mol. The van der Waals surface area contributed by atoms with Gasteiger partial charge in [-0.25, -0.2) is 0 Å². The molecule has 0 radical (unpaired) electrons. The van der Waals surface area contributed by atoms with E-state index in [1.165, 1.54) is 12.0 Å². The van der Waals surface area contributed by atoms with Gasteiger partial charge in [-0.05, 0) is 12.8 Å². The van der Waals surface area contributed by atoms with Crippen LogP contribution in [0.25, 0.3) is 0 Å². The van der Waals surface area contributed by atoms with Crippen molar-refractivity contribution in [3.8, 4) is 0 Å². The van der Waals surface area contributed by atoms with Crippen molar-refractivity contribution in [2.24, 2.45) is 5.92 Å². The van der Waals surface area contributed by atoms with Gasteiger partial charge in [0.25, 0.3) is 0 Å². The molecule has 0 heterocycles. The molecule has 0 atom stereocenters. The summed E-state index contributed by atoms with van der Waals surface area (Å²) in [5.41, 5.74) is 0. The van der Waals surface area contributed by atoms with Gasteiger partial charge in [0, 0.05) is 13.0 Å². The maximum Gasteiger partial charge on any atom is 0.325 e. The fraction of sp³-hybridized carbons (Fsp3) is 0.800. The number of amides is 1. The maximum atomic E-state index is 11.7. The molecule has 82 valence electrons. The zero-order valence-corrected chi connectivity index (χ0v) is 9.37. The summed E-state index contributed by atoms with van der Waals surface area (Å²) in [4.78, 5) is 24.0. The second-order valence-corrected chi connectivity index (χ2v) is 3.28. The van der Waals surface area contributed by atoms with Crippen LogP contribution < -0.4 is 0 Å². The molecule has 0 fully saturated rings. The van der Waals surface area contributed by atoms with Crippen molar-refractivity contribution in [2.45, 2.75) is 26.7 Å². The van der Waals surface area contributed by atoms with Crippen LogP contribution in [0.15, 0.2) is 0 Å². The van der Waals surface area contributed by atoms with Crippen molar-refractivity contribution in [1.29, 1.82) is 0 Å². The van der Waals surface area contributed by atoms with Crippen LogP contribution in [0.4, 0.5) is 0 Å². The molecule has 0 aromatic heterocycles. The third kappa shape index (κ3) is 3.77. The summed E-state index contributed by atoms with van der Waals surface area (Å²) in [6.07, 6.45) is 1.61. The highest BCUT2D eigenvalue weighted by Gasteiger charge is 2.20. The number of carbonyl (C=O) groups is 2. The van der Waals surface area contributed by atoms with E-state index >= 15 is 0 Å². The van der Waals surface area contributed by atoms with Crippen LogP contribution in [0, 0.1) is 5.92 Å². The number of nitrogens with zero attached hydrogens (tertiary/aromatic N) is 1. The molecule has 14 heavy (non-hydrogen) atoms. The second-order valence-electron chi connectivity index (χ2n) is 3.28. The van der Waals surface area contributed by atoms with E-state index in [1.54, 1.807) is 7.05 Å².